The van der Waals surface area contributed by atoms with E-state index < -0.39 is 0 Å². The van der Waals surface area contributed by atoms with Crippen molar-refractivity contribution in [3.63, 3.8) is 0 Å². The summed E-state index contributed by atoms with van der Waals surface area (Å²) in [4.78, 5) is 0. The van der Waals surface area contributed by atoms with Gasteiger partial charge >= 0.3 is 0 Å². The first-order valence-electron chi connectivity index (χ1n) is 8.76. The quantitative estimate of drug-likeness (QED) is 0.907. The third kappa shape index (κ3) is 3.33. The molecule has 0 radical (unpaired) electrons. The van der Waals surface area contributed by atoms with E-state index in [0.29, 0.717) is 16.9 Å². The predicted molar refractivity (Wildman–Crippen MR) is 87.2 cm³/mol. The van der Waals surface area contributed by atoms with Gasteiger partial charge in [0, 0.05) is 6.20 Å². The van der Waals surface area contributed by atoms with Gasteiger partial charge in [-0.2, -0.15) is 5.10 Å². The lowest BCUT2D eigenvalue weighted by atomic mass is 9.63. The summed E-state index contributed by atoms with van der Waals surface area (Å²) in [6.07, 6.45) is 13.7. The van der Waals surface area contributed by atoms with Gasteiger partial charge in [-0.25, -0.2) is 0 Å². The van der Waals surface area contributed by atoms with Crippen LogP contribution in [0.3, 0.4) is 0 Å². The largest absolute Gasteiger partial charge is 0.330 e. The highest BCUT2D eigenvalue weighted by Gasteiger charge is 2.37. The predicted octanol–water partition coefficient (Wildman–Crippen LogP) is 4.09. The minimum atomic E-state index is 0.296. The van der Waals surface area contributed by atoms with E-state index in [2.05, 4.69) is 30.8 Å². The van der Waals surface area contributed by atoms with Gasteiger partial charge in [-0.05, 0) is 68.4 Å². The van der Waals surface area contributed by atoms with E-state index in [1.807, 2.05) is 0 Å². The lowest BCUT2D eigenvalue weighted by Gasteiger charge is -2.43. The number of nitrogens with zero attached hydrogens (tertiary/aromatic N) is 2. The normalized spacial score (nSPS) is 25.3. The van der Waals surface area contributed by atoms with Crippen LogP contribution in [-0.4, -0.2) is 16.3 Å². The fourth-order valence-electron chi connectivity index (χ4n) is 4.14. The Morgan fingerprint density at radius 3 is 2.48 bits per heavy atom. The maximum Gasteiger partial charge on any atom is 0.0630 e. The van der Waals surface area contributed by atoms with E-state index in [-0.39, 0.29) is 0 Å². The van der Waals surface area contributed by atoms with Crippen LogP contribution in [0.25, 0.3) is 0 Å². The van der Waals surface area contributed by atoms with Crippen molar-refractivity contribution in [2.45, 2.75) is 77.7 Å². The van der Waals surface area contributed by atoms with Crippen molar-refractivity contribution < 1.29 is 0 Å². The van der Waals surface area contributed by atoms with Gasteiger partial charge in [-0.15, -0.1) is 0 Å². The second-order valence-electron chi connectivity index (χ2n) is 8.27. The summed E-state index contributed by atoms with van der Waals surface area (Å²) in [5.74, 6) is 0. The summed E-state index contributed by atoms with van der Waals surface area (Å²) in [5.41, 5.74) is 8.22. The maximum absolute atomic E-state index is 6.17. The number of hydrogen-bond donors (Lipinski definition) is 1. The van der Waals surface area contributed by atoms with Gasteiger partial charge < -0.3 is 5.73 Å². The molecule has 0 unspecified atom stereocenters. The highest BCUT2D eigenvalue weighted by atomic mass is 15.3. The number of aromatic nitrogens is 2. The van der Waals surface area contributed by atoms with Crippen LogP contribution in [0.5, 0.6) is 0 Å². The molecule has 3 rings (SSSR count). The Morgan fingerprint density at radius 1 is 1.19 bits per heavy atom. The summed E-state index contributed by atoms with van der Waals surface area (Å²) in [6, 6.07) is 2.88. The molecule has 1 heterocycles. The third-order valence-corrected chi connectivity index (χ3v) is 6.02. The van der Waals surface area contributed by atoms with Crippen molar-refractivity contribution in [1.82, 2.24) is 9.78 Å². The van der Waals surface area contributed by atoms with Gasteiger partial charge in [0.05, 0.1) is 11.7 Å². The summed E-state index contributed by atoms with van der Waals surface area (Å²) >= 11 is 0. The standard InChI is InChI=1S/C18H31N3/c1-17(2)8-10-18(14-19,11-9-17)13-15-7-12-21(20-15)16-5-3-4-6-16/h7,12,16H,3-6,8-11,13-14,19H2,1-2H3. The molecule has 2 N–H and O–H groups in total. The lowest BCUT2D eigenvalue weighted by Crippen LogP contribution is -2.39. The molecular formula is C18H31N3. The zero-order chi connectivity index (χ0) is 14.9. The van der Waals surface area contributed by atoms with Crippen LogP contribution in [0.15, 0.2) is 12.3 Å². The van der Waals surface area contributed by atoms with Crippen molar-refractivity contribution >= 4 is 0 Å². The van der Waals surface area contributed by atoms with Crippen LogP contribution < -0.4 is 5.73 Å². The van der Waals surface area contributed by atoms with E-state index in [1.165, 1.54) is 57.1 Å². The van der Waals surface area contributed by atoms with E-state index in [0.717, 1.165) is 13.0 Å². The Balaban J connectivity index is 1.67. The summed E-state index contributed by atoms with van der Waals surface area (Å²) in [7, 11) is 0. The SMILES string of the molecule is CC1(C)CCC(CN)(Cc2ccn(C3CCCC3)n2)CC1. The second kappa shape index (κ2) is 5.75. The molecule has 0 bridgehead atoms. The van der Waals surface area contributed by atoms with Crippen LogP contribution in [0, 0.1) is 10.8 Å². The van der Waals surface area contributed by atoms with E-state index in [1.54, 1.807) is 0 Å². The molecule has 3 nitrogen and oxygen atoms in total. The Labute approximate surface area is 129 Å². The highest BCUT2D eigenvalue weighted by Crippen LogP contribution is 2.46. The molecule has 0 atom stereocenters. The van der Waals surface area contributed by atoms with Crippen molar-refractivity contribution in [3.8, 4) is 0 Å². The lowest BCUT2D eigenvalue weighted by molar-refractivity contribution is 0.107. The van der Waals surface area contributed by atoms with Crippen molar-refractivity contribution in [2.24, 2.45) is 16.6 Å². The average Bonchev–Trinajstić information content (AvgIpc) is 3.12. The average molecular weight is 289 g/mol. The Bertz CT molecular complexity index is 459. The monoisotopic (exact) mass is 289 g/mol. The Kier molecular flexibility index (Phi) is 4.13. The summed E-state index contributed by atoms with van der Waals surface area (Å²) in [6.45, 7) is 5.59. The Morgan fingerprint density at radius 2 is 1.86 bits per heavy atom. The van der Waals surface area contributed by atoms with E-state index >= 15 is 0 Å². The van der Waals surface area contributed by atoms with E-state index in [9.17, 15) is 0 Å². The molecule has 2 saturated carbocycles. The third-order valence-electron chi connectivity index (χ3n) is 6.02. The molecule has 0 spiro atoms. The smallest absolute Gasteiger partial charge is 0.0630 e. The molecule has 2 aliphatic rings. The second-order valence-corrected chi connectivity index (χ2v) is 8.27. The van der Waals surface area contributed by atoms with Crippen LogP contribution >= 0.6 is 0 Å². The first kappa shape index (κ1) is 15.1. The molecule has 0 saturated heterocycles. The highest BCUT2D eigenvalue weighted by molar-refractivity contribution is 5.06. The molecular weight excluding hydrogens is 258 g/mol. The van der Waals surface area contributed by atoms with Gasteiger partial charge in [0.15, 0.2) is 0 Å². The van der Waals surface area contributed by atoms with Gasteiger partial charge in [-0.3, -0.25) is 4.68 Å². The Hall–Kier alpha value is -0.830. The minimum Gasteiger partial charge on any atom is -0.330 e. The molecule has 0 amide bonds. The van der Waals surface area contributed by atoms with Gasteiger partial charge in [0.2, 0.25) is 0 Å². The van der Waals surface area contributed by atoms with Crippen LogP contribution in [-0.2, 0) is 6.42 Å². The number of rotatable bonds is 4. The molecule has 1 aromatic heterocycles. The summed E-state index contributed by atoms with van der Waals surface area (Å²) in [5, 5.41) is 4.88. The molecule has 3 heteroatoms. The van der Waals surface area contributed by atoms with E-state index in [4.69, 9.17) is 10.8 Å². The van der Waals surface area contributed by atoms with Crippen molar-refractivity contribution in [3.05, 3.63) is 18.0 Å². The molecule has 0 aliphatic heterocycles. The topological polar surface area (TPSA) is 43.8 Å². The van der Waals surface area contributed by atoms with Crippen LogP contribution in [0.1, 0.15) is 76.9 Å². The fraction of sp³-hybridized carbons (Fsp3) is 0.833. The zero-order valence-electron chi connectivity index (χ0n) is 13.8. The molecule has 1 aromatic rings. The molecule has 2 fully saturated rings. The molecule has 21 heavy (non-hydrogen) atoms. The van der Waals surface area contributed by atoms with Crippen LogP contribution in [0.2, 0.25) is 0 Å². The van der Waals surface area contributed by atoms with Gasteiger partial charge in [0.25, 0.3) is 0 Å². The van der Waals surface area contributed by atoms with Crippen molar-refractivity contribution in [2.75, 3.05) is 6.54 Å². The maximum atomic E-state index is 6.17. The van der Waals surface area contributed by atoms with Gasteiger partial charge in [0.1, 0.15) is 0 Å². The van der Waals surface area contributed by atoms with Crippen molar-refractivity contribution in [1.29, 1.82) is 0 Å². The number of nitrogens with two attached hydrogens (primary N) is 1. The first-order chi connectivity index (χ1) is 10.0. The first-order valence-corrected chi connectivity index (χ1v) is 8.76. The fourth-order valence-corrected chi connectivity index (χ4v) is 4.14. The van der Waals surface area contributed by atoms with Crippen LogP contribution in [0.4, 0.5) is 0 Å². The molecule has 118 valence electrons. The number of hydrogen-bond acceptors (Lipinski definition) is 2. The molecule has 0 aromatic carbocycles. The minimum absolute atomic E-state index is 0.296. The molecule has 2 aliphatic carbocycles. The zero-order valence-corrected chi connectivity index (χ0v) is 13.8. The summed E-state index contributed by atoms with van der Waals surface area (Å²) < 4.78 is 2.22. The van der Waals surface area contributed by atoms with Gasteiger partial charge in [-0.1, -0.05) is 26.7 Å².